The number of carbonyl (C=O) groups excluding carboxylic acids is 2. The number of aliphatic carboxylic acids is 1. The summed E-state index contributed by atoms with van der Waals surface area (Å²) in [5, 5.41) is 11.8. The number of anilines is 1. The van der Waals surface area contributed by atoms with Crippen LogP contribution in [0.2, 0.25) is 0 Å². The van der Waals surface area contributed by atoms with Crippen LogP contribution in [0.5, 0.6) is 0 Å². The summed E-state index contributed by atoms with van der Waals surface area (Å²) in [6, 6.07) is 19.9. The van der Waals surface area contributed by atoms with Gasteiger partial charge in [0, 0.05) is 23.1 Å². The lowest BCUT2D eigenvalue weighted by Crippen LogP contribution is -2.40. The molecular formula is C26H23BrN2O5. The maximum atomic E-state index is 12.8. The van der Waals surface area contributed by atoms with Crippen LogP contribution < -0.4 is 5.32 Å². The van der Waals surface area contributed by atoms with Crippen molar-refractivity contribution in [3.8, 4) is 11.1 Å². The van der Waals surface area contributed by atoms with E-state index in [1.54, 1.807) is 12.1 Å². The Morgan fingerprint density at radius 2 is 1.62 bits per heavy atom. The van der Waals surface area contributed by atoms with Gasteiger partial charge in [0.15, 0.2) is 0 Å². The Hall–Kier alpha value is -3.65. The summed E-state index contributed by atoms with van der Waals surface area (Å²) in [5.41, 5.74) is 5.10. The molecule has 4 rings (SSSR count). The van der Waals surface area contributed by atoms with E-state index >= 15 is 0 Å². The lowest BCUT2D eigenvalue weighted by Gasteiger charge is -2.22. The van der Waals surface area contributed by atoms with Gasteiger partial charge in [0.1, 0.15) is 12.6 Å². The summed E-state index contributed by atoms with van der Waals surface area (Å²) in [7, 11) is 1.42. The number of nitrogens with zero attached hydrogens (tertiary/aromatic N) is 1. The number of nitrogens with one attached hydrogen (secondary N) is 1. The van der Waals surface area contributed by atoms with Crippen molar-refractivity contribution in [2.24, 2.45) is 0 Å². The third kappa shape index (κ3) is 4.54. The summed E-state index contributed by atoms with van der Waals surface area (Å²) < 4.78 is 6.04. The van der Waals surface area contributed by atoms with E-state index in [0.29, 0.717) is 10.2 Å². The van der Waals surface area contributed by atoms with E-state index in [9.17, 15) is 19.5 Å². The molecule has 1 atom stereocenters. The minimum atomic E-state index is -1.11. The number of hydrogen-bond donors (Lipinski definition) is 2. The highest BCUT2D eigenvalue weighted by Crippen LogP contribution is 2.44. The number of carboxylic acid groups (broad SMARTS) is 1. The summed E-state index contributed by atoms with van der Waals surface area (Å²) in [5.74, 6) is -1.66. The lowest BCUT2D eigenvalue weighted by atomic mass is 9.98. The Labute approximate surface area is 205 Å². The smallest absolute Gasteiger partial charge is 0.411 e. The molecule has 0 saturated carbocycles. The average Bonchev–Trinajstić information content (AvgIpc) is 3.16. The third-order valence-corrected chi connectivity index (χ3v) is 6.74. The zero-order chi connectivity index (χ0) is 24.4. The first-order valence-corrected chi connectivity index (χ1v) is 11.5. The maximum absolute atomic E-state index is 12.8. The predicted octanol–water partition coefficient (Wildman–Crippen LogP) is 5.36. The van der Waals surface area contributed by atoms with Crippen LogP contribution in [0, 0.1) is 0 Å². The van der Waals surface area contributed by atoms with Gasteiger partial charge in [-0.3, -0.25) is 10.1 Å². The molecule has 0 aromatic heterocycles. The zero-order valence-electron chi connectivity index (χ0n) is 18.6. The molecule has 0 fully saturated rings. The van der Waals surface area contributed by atoms with Gasteiger partial charge >= 0.3 is 12.1 Å². The van der Waals surface area contributed by atoms with E-state index in [0.717, 1.165) is 27.2 Å². The quantitative estimate of drug-likeness (QED) is 0.454. The Morgan fingerprint density at radius 1 is 1.03 bits per heavy atom. The summed E-state index contributed by atoms with van der Waals surface area (Å²) in [6.07, 6.45) is -0.644. The summed E-state index contributed by atoms with van der Waals surface area (Å²) in [4.78, 5) is 37.7. The monoisotopic (exact) mass is 522 g/mol. The van der Waals surface area contributed by atoms with Gasteiger partial charge in [-0.2, -0.15) is 0 Å². The molecule has 0 saturated heterocycles. The zero-order valence-corrected chi connectivity index (χ0v) is 20.2. The minimum absolute atomic E-state index is 0.0636. The Bertz CT molecular complexity index is 1230. The molecule has 8 heteroatoms. The van der Waals surface area contributed by atoms with Crippen molar-refractivity contribution in [3.63, 3.8) is 0 Å². The van der Waals surface area contributed by atoms with Gasteiger partial charge in [-0.15, -0.1) is 0 Å². The average molecular weight is 523 g/mol. The van der Waals surface area contributed by atoms with Gasteiger partial charge in [-0.05, 0) is 63.3 Å². The molecule has 7 nitrogen and oxygen atoms in total. The topological polar surface area (TPSA) is 95.9 Å². The van der Waals surface area contributed by atoms with Gasteiger partial charge in [0.25, 0.3) is 5.91 Å². The molecule has 0 aliphatic heterocycles. The first-order valence-electron chi connectivity index (χ1n) is 10.7. The van der Waals surface area contributed by atoms with Gasteiger partial charge in [-0.1, -0.05) is 48.5 Å². The highest BCUT2D eigenvalue weighted by atomic mass is 79.9. The molecule has 2 amide bonds. The fraction of sp³-hybridized carbons (Fsp3) is 0.192. The second-order valence-electron chi connectivity index (χ2n) is 8.08. The molecule has 1 aliphatic rings. The molecular weight excluding hydrogens is 500 g/mol. The number of benzene rings is 3. The van der Waals surface area contributed by atoms with E-state index in [4.69, 9.17) is 4.74 Å². The number of carboxylic acids is 1. The lowest BCUT2D eigenvalue weighted by molar-refractivity contribution is -0.141. The summed E-state index contributed by atoms with van der Waals surface area (Å²) >= 11 is 3.32. The molecule has 0 spiro atoms. The predicted molar refractivity (Wildman–Crippen MR) is 132 cm³/mol. The van der Waals surface area contributed by atoms with Gasteiger partial charge in [0.05, 0.1) is 5.56 Å². The van der Waals surface area contributed by atoms with Gasteiger partial charge in [-0.25, -0.2) is 9.59 Å². The Morgan fingerprint density at radius 3 is 2.21 bits per heavy atom. The second-order valence-corrected chi connectivity index (χ2v) is 8.93. The van der Waals surface area contributed by atoms with Crippen molar-refractivity contribution in [1.29, 1.82) is 0 Å². The number of hydrogen-bond acceptors (Lipinski definition) is 4. The highest BCUT2D eigenvalue weighted by Gasteiger charge is 2.29. The Kier molecular flexibility index (Phi) is 6.70. The third-order valence-electron chi connectivity index (χ3n) is 6.05. The van der Waals surface area contributed by atoms with E-state index in [1.165, 1.54) is 20.0 Å². The Balaban J connectivity index is 1.46. The van der Waals surface area contributed by atoms with Gasteiger partial charge in [0.2, 0.25) is 0 Å². The van der Waals surface area contributed by atoms with E-state index in [2.05, 4.69) is 33.4 Å². The first-order chi connectivity index (χ1) is 16.3. The van der Waals surface area contributed by atoms with Crippen molar-refractivity contribution in [2.75, 3.05) is 19.0 Å². The number of rotatable bonds is 6. The fourth-order valence-electron chi connectivity index (χ4n) is 4.05. The van der Waals surface area contributed by atoms with Crippen LogP contribution in [0.25, 0.3) is 11.1 Å². The van der Waals surface area contributed by atoms with E-state index < -0.39 is 24.0 Å². The van der Waals surface area contributed by atoms with Crippen molar-refractivity contribution < 1.29 is 24.2 Å². The number of halogens is 1. The SMILES string of the molecule is CC(C(=O)O)N(C)C(=O)c1cc(NC(=O)OCC2c3ccccc3-c3ccccc32)ccc1Br. The van der Waals surface area contributed by atoms with Crippen LogP contribution in [0.3, 0.4) is 0 Å². The normalized spacial score (nSPS) is 12.9. The van der Waals surface area contributed by atoms with Crippen LogP contribution >= 0.6 is 15.9 Å². The number of fused-ring (bicyclic) bond motifs is 3. The van der Waals surface area contributed by atoms with Crippen LogP contribution in [-0.4, -0.2) is 47.7 Å². The van der Waals surface area contributed by atoms with Crippen molar-refractivity contribution in [2.45, 2.75) is 18.9 Å². The van der Waals surface area contributed by atoms with Crippen LogP contribution in [-0.2, 0) is 9.53 Å². The first kappa shape index (κ1) is 23.5. The molecule has 2 N–H and O–H groups in total. The number of carbonyl (C=O) groups is 3. The van der Waals surface area contributed by atoms with Crippen LogP contribution in [0.1, 0.15) is 34.3 Å². The molecule has 34 heavy (non-hydrogen) atoms. The minimum Gasteiger partial charge on any atom is -0.480 e. The largest absolute Gasteiger partial charge is 0.480 e. The van der Waals surface area contributed by atoms with Gasteiger partial charge < -0.3 is 14.7 Å². The fourth-order valence-corrected chi connectivity index (χ4v) is 4.47. The van der Waals surface area contributed by atoms with Crippen molar-refractivity contribution in [1.82, 2.24) is 4.90 Å². The molecule has 0 bridgehead atoms. The van der Waals surface area contributed by atoms with E-state index in [-0.39, 0.29) is 18.1 Å². The molecule has 174 valence electrons. The molecule has 0 heterocycles. The number of ether oxygens (including phenoxy) is 1. The van der Waals surface area contributed by atoms with E-state index in [1.807, 2.05) is 36.4 Å². The summed E-state index contributed by atoms with van der Waals surface area (Å²) in [6.45, 7) is 1.59. The van der Waals surface area contributed by atoms with Crippen LogP contribution in [0.15, 0.2) is 71.2 Å². The molecule has 1 aliphatic carbocycles. The molecule has 3 aromatic rings. The van der Waals surface area contributed by atoms with Crippen molar-refractivity contribution >= 4 is 39.6 Å². The molecule has 3 aromatic carbocycles. The standard InChI is InChI=1S/C26H23BrN2O5/c1-15(25(31)32)29(2)24(30)21-13-16(11-12-23(21)27)28-26(33)34-14-22-19-9-5-3-7-17(19)18-8-4-6-10-20(18)22/h3-13,15,22H,14H2,1-2H3,(H,28,33)(H,31,32). The molecule has 1 unspecified atom stereocenters. The van der Waals surface area contributed by atoms with Crippen LogP contribution in [0.4, 0.5) is 10.5 Å². The maximum Gasteiger partial charge on any atom is 0.411 e. The second kappa shape index (κ2) is 9.69. The highest BCUT2D eigenvalue weighted by molar-refractivity contribution is 9.10. The van der Waals surface area contributed by atoms with Crippen molar-refractivity contribution in [3.05, 3.63) is 87.9 Å². The molecule has 0 radical (unpaired) electrons. The number of amides is 2. The number of likely N-dealkylation sites (N-methyl/N-ethyl adjacent to an activating group) is 1.